The number of halogens is 2. The molecule has 10 heteroatoms. The molecule has 1 atom stereocenters. The summed E-state index contributed by atoms with van der Waals surface area (Å²) < 4.78 is 25.3. The van der Waals surface area contributed by atoms with Crippen LogP contribution in [0.4, 0.5) is 9.18 Å². The van der Waals surface area contributed by atoms with Gasteiger partial charge in [-0.1, -0.05) is 17.7 Å². The highest BCUT2D eigenvalue weighted by Gasteiger charge is 2.28. The van der Waals surface area contributed by atoms with E-state index >= 15 is 0 Å². The number of urea groups is 1. The molecule has 8 nitrogen and oxygen atoms in total. The summed E-state index contributed by atoms with van der Waals surface area (Å²) >= 11 is 5.86. The van der Waals surface area contributed by atoms with Gasteiger partial charge in [-0.05, 0) is 48.4 Å². The summed E-state index contributed by atoms with van der Waals surface area (Å²) in [6, 6.07) is 3.41. The average Bonchev–Trinajstić information content (AvgIpc) is 3.30. The zero-order valence-electron chi connectivity index (χ0n) is 19.5. The zero-order chi connectivity index (χ0) is 24.4. The minimum Gasteiger partial charge on any atom is -0.443 e. The van der Waals surface area contributed by atoms with Crippen LogP contribution in [-0.4, -0.2) is 45.6 Å². The highest BCUT2D eigenvalue weighted by Crippen LogP contribution is 2.27. The lowest BCUT2D eigenvalue weighted by molar-refractivity contribution is 0.0659. The number of carbonyl (C=O) groups excluding carboxylic acids is 1. The van der Waals surface area contributed by atoms with Crippen LogP contribution in [0.5, 0.6) is 0 Å². The number of hydrogen-bond donors (Lipinski definition) is 1. The Balaban J connectivity index is 1.32. The van der Waals surface area contributed by atoms with Gasteiger partial charge in [-0.3, -0.25) is 0 Å². The summed E-state index contributed by atoms with van der Waals surface area (Å²) in [6.45, 7) is 4.18. The molecule has 0 aliphatic carbocycles. The fourth-order valence-corrected chi connectivity index (χ4v) is 4.68. The second-order valence-corrected chi connectivity index (χ2v) is 9.43. The van der Waals surface area contributed by atoms with Crippen LogP contribution in [0, 0.1) is 18.7 Å². The molecular weight excluding hydrogens is 473 g/mol. The SMILES string of the molecule is Cc1ncc([C@@H](NC(=O)N2CCc3cnc(CC4CCOCC4)nc3C2)c2ccc(Cl)c(F)c2)o1. The second-order valence-electron chi connectivity index (χ2n) is 9.03. The third-order valence-corrected chi connectivity index (χ3v) is 6.87. The first-order chi connectivity index (χ1) is 17.0. The molecule has 2 aliphatic heterocycles. The van der Waals surface area contributed by atoms with Crippen molar-refractivity contribution in [3.05, 3.63) is 75.7 Å². The predicted molar refractivity (Wildman–Crippen MR) is 126 cm³/mol. The molecule has 3 aromatic rings. The first kappa shape index (κ1) is 23.7. The van der Waals surface area contributed by atoms with Gasteiger partial charge in [-0.15, -0.1) is 0 Å². The molecule has 35 heavy (non-hydrogen) atoms. The molecule has 0 radical (unpaired) electrons. The van der Waals surface area contributed by atoms with Crippen LogP contribution in [0.2, 0.25) is 5.02 Å². The number of benzene rings is 1. The highest BCUT2D eigenvalue weighted by molar-refractivity contribution is 6.30. The summed E-state index contributed by atoms with van der Waals surface area (Å²) in [6.07, 6.45) is 6.95. The molecule has 0 bridgehead atoms. The number of hydrogen-bond acceptors (Lipinski definition) is 6. The molecule has 2 amide bonds. The summed E-state index contributed by atoms with van der Waals surface area (Å²) in [5.74, 6) is 1.63. The van der Waals surface area contributed by atoms with E-state index in [9.17, 15) is 9.18 Å². The number of rotatable bonds is 5. The van der Waals surface area contributed by atoms with Crippen LogP contribution in [0.15, 0.2) is 35.0 Å². The number of oxazole rings is 1. The van der Waals surface area contributed by atoms with Crippen LogP contribution in [0.3, 0.4) is 0 Å². The summed E-state index contributed by atoms with van der Waals surface area (Å²) in [4.78, 5) is 28.5. The van der Waals surface area contributed by atoms with Gasteiger partial charge in [0.25, 0.3) is 0 Å². The van der Waals surface area contributed by atoms with E-state index in [1.807, 2.05) is 6.20 Å². The van der Waals surface area contributed by atoms with Gasteiger partial charge in [-0.25, -0.2) is 24.1 Å². The van der Waals surface area contributed by atoms with E-state index < -0.39 is 11.9 Å². The van der Waals surface area contributed by atoms with Gasteiger partial charge >= 0.3 is 6.03 Å². The molecule has 4 heterocycles. The number of nitrogens with zero attached hydrogens (tertiary/aromatic N) is 4. The predicted octanol–water partition coefficient (Wildman–Crippen LogP) is 4.39. The van der Waals surface area contributed by atoms with Crippen molar-refractivity contribution in [1.82, 2.24) is 25.2 Å². The number of aromatic nitrogens is 3. The Hall–Kier alpha value is -3.04. The summed E-state index contributed by atoms with van der Waals surface area (Å²) in [5, 5.41) is 2.99. The molecule has 1 N–H and O–H groups in total. The minimum atomic E-state index is -0.716. The van der Waals surface area contributed by atoms with Gasteiger partial charge in [0, 0.05) is 39.3 Å². The van der Waals surface area contributed by atoms with Crippen molar-refractivity contribution in [2.24, 2.45) is 5.92 Å². The van der Waals surface area contributed by atoms with Crippen molar-refractivity contribution in [2.45, 2.75) is 45.2 Å². The number of fused-ring (bicyclic) bond motifs is 1. The Bertz CT molecular complexity index is 1210. The second kappa shape index (κ2) is 10.3. The Labute approximate surface area is 207 Å². The molecule has 184 valence electrons. The maximum absolute atomic E-state index is 14.2. The number of carbonyl (C=O) groups is 1. The molecule has 2 aliphatic rings. The molecule has 2 aromatic heterocycles. The van der Waals surface area contributed by atoms with E-state index in [0.717, 1.165) is 49.6 Å². The first-order valence-electron chi connectivity index (χ1n) is 11.8. The van der Waals surface area contributed by atoms with Gasteiger partial charge in [0.05, 0.1) is 23.5 Å². The van der Waals surface area contributed by atoms with E-state index in [1.54, 1.807) is 17.9 Å². The lowest BCUT2D eigenvalue weighted by atomic mass is 9.96. The van der Waals surface area contributed by atoms with Gasteiger partial charge in [0.2, 0.25) is 0 Å². The van der Waals surface area contributed by atoms with Crippen LogP contribution < -0.4 is 5.32 Å². The van der Waals surface area contributed by atoms with Crippen molar-refractivity contribution in [2.75, 3.05) is 19.8 Å². The minimum absolute atomic E-state index is 0.0106. The van der Waals surface area contributed by atoms with Crippen LogP contribution in [0.25, 0.3) is 0 Å². The first-order valence-corrected chi connectivity index (χ1v) is 12.2. The molecule has 5 rings (SSSR count). The lowest BCUT2D eigenvalue weighted by Gasteiger charge is -2.30. The Kier molecular flexibility index (Phi) is 6.97. The van der Waals surface area contributed by atoms with Crippen LogP contribution >= 0.6 is 11.6 Å². The van der Waals surface area contributed by atoms with Crippen LogP contribution in [0.1, 0.15) is 53.2 Å². The number of aryl methyl sites for hydroxylation is 1. The van der Waals surface area contributed by atoms with Gasteiger partial charge < -0.3 is 19.4 Å². The van der Waals surface area contributed by atoms with E-state index in [2.05, 4.69) is 15.3 Å². The molecule has 1 fully saturated rings. The lowest BCUT2D eigenvalue weighted by Crippen LogP contribution is -2.44. The van der Waals surface area contributed by atoms with Gasteiger partial charge in [0.15, 0.2) is 11.7 Å². The zero-order valence-corrected chi connectivity index (χ0v) is 20.2. The van der Waals surface area contributed by atoms with Crippen molar-refractivity contribution in [1.29, 1.82) is 0 Å². The Morgan fingerprint density at radius 3 is 2.86 bits per heavy atom. The maximum atomic E-state index is 14.2. The fourth-order valence-electron chi connectivity index (χ4n) is 4.56. The van der Waals surface area contributed by atoms with E-state index in [0.29, 0.717) is 42.6 Å². The molecule has 1 aromatic carbocycles. The van der Waals surface area contributed by atoms with E-state index in [1.165, 1.54) is 18.3 Å². The quantitative estimate of drug-likeness (QED) is 0.559. The normalized spacial score (nSPS) is 17.2. The topological polar surface area (TPSA) is 93.4 Å². The van der Waals surface area contributed by atoms with Crippen molar-refractivity contribution < 1.29 is 18.3 Å². The summed E-state index contributed by atoms with van der Waals surface area (Å²) in [7, 11) is 0. The summed E-state index contributed by atoms with van der Waals surface area (Å²) in [5.41, 5.74) is 2.44. The third kappa shape index (κ3) is 5.46. The maximum Gasteiger partial charge on any atom is 0.318 e. The number of amides is 2. The van der Waals surface area contributed by atoms with Crippen molar-refractivity contribution >= 4 is 17.6 Å². The smallest absolute Gasteiger partial charge is 0.318 e. The molecule has 0 unspecified atom stereocenters. The fraction of sp³-hybridized carbons (Fsp3) is 0.440. The van der Waals surface area contributed by atoms with Crippen molar-refractivity contribution in [3.63, 3.8) is 0 Å². The standard InChI is InChI=1S/C25H27ClFN5O3/c1-15-28-13-22(35-15)24(17-2-3-19(26)20(27)11-17)31-25(33)32-7-4-18-12-29-23(30-21(18)14-32)10-16-5-8-34-9-6-16/h2-3,11-13,16,24H,4-10,14H2,1H3,(H,31,33)/t24-/m0/s1. The Morgan fingerprint density at radius 2 is 2.11 bits per heavy atom. The Morgan fingerprint density at radius 1 is 1.29 bits per heavy atom. The largest absolute Gasteiger partial charge is 0.443 e. The third-order valence-electron chi connectivity index (χ3n) is 6.56. The number of nitrogens with one attached hydrogen (secondary N) is 1. The highest BCUT2D eigenvalue weighted by atomic mass is 35.5. The average molecular weight is 500 g/mol. The number of ether oxygens (including phenoxy) is 1. The molecular formula is C25H27ClFN5O3. The van der Waals surface area contributed by atoms with Crippen LogP contribution in [-0.2, 0) is 24.1 Å². The van der Waals surface area contributed by atoms with Crippen molar-refractivity contribution in [3.8, 4) is 0 Å². The van der Waals surface area contributed by atoms with E-state index in [4.69, 9.17) is 25.7 Å². The molecule has 1 saturated heterocycles. The van der Waals surface area contributed by atoms with Gasteiger partial charge in [-0.2, -0.15) is 0 Å². The monoisotopic (exact) mass is 499 g/mol. The van der Waals surface area contributed by atoms with Gasteiger partial charge in [0.1, 0.15) is 17.7 Å². The molecule has 0 spiro atoms. The van der Waals surface area contributed by atoms with E-state index in [-0.39, 0.29) is 11.1 Å². The molecule has 0 saturated carbocycles.